The van der Waals surface area contributed by atoms with Gasteiger partial charge in [0.1, 0.15) is 0 Å². The van der Waals surface area contributed by atoms with Gasteiger partial charge < -0.3 is 5.73 Å². The lowest BCUT2D eigenvalue weighted by Gasteiger charge is -2.19. The first kappa shape index (κ1) is 14.6. The first-order chi connectivity index (χ1) is 9.53. The van der Waals surface area contributed by atoms with Crippen LogP contribution in [-0.4, -0.2) is 15.5 Å². The van der Waals surface area contributed by atoms with E-state index in [1.54, 1.807) is 31.3 Å². The molecule has 4 nitrogen and oxygen atoms in total. The molecule has 0 saturated carbocycles. The average Bonchev–Trinajstić information content (AvgIpc) is 2.48. The Hall–Kier alpha value is -1.85. The van der Waals surface area contributed by atoms with Crippen LogP contribution >= 0.6 is 0 Å². The fourth-order valence-electron chi connectivity index (χ4n) is 1.88. The summed E-state index contributed by atoms with van der Waals surface area (Å²) < 4.78 is 26.0. The van der Waals surface area contributed by atoms with E-state index in [2.05, 4.69) is 0 Å². The van der Waals surface area contributed by atoms with Gasteiger partial charge in [0, 0.05) is 13.6 Å². The Morgan fingerprint density at radius 3 is 2.05 bits per heavy atom. The first-order valence-electron chi connectivity index (χ1n) is 6.32. The third-order valence-electron chi connectivity index (χ3n) is 3.14. The number of nitrogens with two attached hydrogens (primary N) is 1. The molecule has 2 aromatic rings. The topological polar surface area (TPSA) is 63.4 Å². The Kier molecular flexibility index (Phi) is 4.42. The highest BCUT2D eigenvalue weighted by Gasteiger charge is 2.18. The molecule has 0 aliphatic heterocycles. The largest absolute Gasteiger partial charge is 0.326 e. The van der Waals surface area contributed by atoms with Crippen LogP contribution in [0.15, 0.2) is 54.6 Å². The molecular weight excluding hydrogens is 272 g/mol. The second-order valence-electron chi connectivity index (χ2n) is 4.58. The Bertz CT molecular complexity index is 652. The summed E-state index contributed by atoms with van der Waals surface area (Å²) >= 11 is 0. The quantitative estimate of drug-likeness (QED) is 0.917. The van der Waals surface area contributed by atoms with Crippen LogP contribution < -0.4 is 10.0 Å². The Balaban J connectivity index is 2.18. The Labute approximate surface area is 119 Å². The van der Waals surface area contributed by atoms with E-state index >= 15 is 0 Å². The maximum absolute atomic E-state index is 12.4. The lowest BCUT2D eigenvalue weighted by Crippen LogP contribution is -2.27. The van der Waals surface area contributed by atoms with Crippen LogP contribution in [0.1, 0.15) is 11.1 Å². The average molecular weight is 290 g/mol. The molecule has 0 radical (unpaired) electrons. The number of anilines is 1. The van der Waals surface area contributed by atoms with E-state index in [9.17, 15) is 8.42 Å². The van der Waals surface area contributed by atoms with Crippen molar-refractivity contribution in [1.82, 2.24) is 0 Å². The highest BCUT2D eigenvalue weighted by molar-refractivity contribution is 7.92. The number of benzene rings is 2. The normalized spacial score (nSPS) is 11.3. The van der Waals surface area contributed by atoms with Gasteiger partial charge in [-0.3, -0.25) is 4.31 Å². The van der Waals surface area contributed by atoms with Gasteiger partial charge in [0.05, 0.1) is 11.4 Å². The van der Waals surface area contributed by atoms with Gasteiger partial charge in [-0.15, -0.1) is 0 Å². The standard InChI is InChI=1S/C15H18N2O2S/c1-17(15-5-3-2-4-6-15)20(18,19)12-14-9-7-13(11-16)8-10-14/h2-10H,11-12,16H2,1H3. The zero-order valence-electron chi connectivity index (χ0n) is 11.4. The van der Waals surface area contributed by atoms with Crippen LogP contribution in [0.2, 0.25) is 0 Å². The lowest BCUT2D eigenvalue weighted by molar-refractivity contribution is 0.593. The van der Waals surface area contributed by atoms with Gasteiger partial charge in [-0.2, -0.15) is 0 Å². The molecule has 0 spiro atoms. The van der Waals surface area contributed by atoms with E-state index in [1.807, 2.05) is 30.3 Å². The van der Waals surface area contributed by atoms with Crippen LogP contribution in [0, 0.1) is 0 Å². The Morgan fingerprint density at radius 1 is 0.950 bits per heavy atom. The predicted octanol–water partition coefficient (Wildman–Crippen LogP) is 2.11. The van der Waals surface area contributed by atoms with Gasteiger partial charge in [0.25, 0.3) is 0 Å². The smallest absolute Gasteiger partial charge is 0.239 e. The minimum atomic E-state index is -3.38. The van der Waals surface area contributed by atoms with Crippen LogP contribution in [0.25, 0.3) is 0 Å². The zero-order valence-corrected chi connectivity index (χ0v) is 12.2. The van der Waals surface area contributed by atoms with E-state index in [0.717, 1.165) is 11.1 Å². The van der Waals surface area contributed by atoms with Gasteiger partial charge >= 0.3 is 0 Å². The molecule has 0 bridgehead atoms. The maximum atomic E-state index is 12.4. The molecular formula is C15H18N2O2S. The fraction of sp³-hybridized carbons (Fsp3) is 0.200. The molecule has 2 rings (SSSR count). The number of hydrogen-bond donors (Lipinski definition) is 1. The monoisotopic (exact) mass is 290 g/mol. The van der Waals surface area contributed by atoms with Crippen molar-refractivity contribution in [2.75, 3.05) is 11.4 Å². The van der Waals surface area contributed by atoms with Crippen molar-refractivity contribution in [1.29, 1.82) is 0 Å². The molecule has 0 aliphatic carbocycles. The second kappa shape index (κ2) is 6.07. The van der Waals surface area contributed by atoms with Crippen molar-refractivity contribution in [3.8, 4) is 0 Å². The SMILES string of the molecule is CN(c1ccccc1)S(=O)(=O)Cc1ccc(CN)cc1. The molecule has 0 heterocycles. The second-order valence-corrected chi connectivity index (χ2v) is 6.58. The minimum absolute atomic E-state index is 0.0246. The fourth-order valence-corrected chi connectivity index (χ4v) is 3.13. The summed E-state index contributed by atoms with van der Waals surface area (Å²) in [4.78, 5) is 0. The third kappa shape index (κ3) is 3.37. The molecule has 2 N–H and O–H groups in total. The molecule has 5 heteroatoms. The number of nitrogens with zero attached hydrogens (tertiary/aromatic N) is 1. The van der Waals surface area contributed by atoms with E-state index in [1.165, 1.54) is 4.31 Å². The predicted molar refractivity (Wildman–Crippen MR) is 81.8 cm³/mol. The van der Waals surface area contributed by atoms with E-state index < -0.39 is 10.0 Å². The molecule has 0 saturated heterocycles. The van der Waals surface area contributed by atoms with Crippen LogP contribution in [0.4, 0.5) is 5.69 Å². The van der Waals surface area contributed by atoms with Gasteiger partial charge in [0.15, 0.2) is 0 Å². The van der Waals surface area contributed by atoms with Crippen molar-refractivity contribution >= 4 is 15.7 Å². The van der Waals surface area contributed by atoms with Crippen molar-refractivity contribution in [3.63, 3.8) is 0 Å². The summed E-state index contributed by atoms with van der Waals surface area (Å²) in [6.45, 7) is 0.455. The molecule has 106 valence electrons. The third-order valence-corrected chi connectivity index (χ3v) is 4.89. The Morgan fingerprint density at radius 2 is 1.50 bits per heavy atom. The zero-order chi connectivity index (χ0) is 14.6. The summed E-state index contributed by atoms with van der Waals surface area (Å²) in [5.74, 6) is -0.0246. The summed E-state index contributed by atoms with van der Waals surface area (Å²) in [6.07, 6.45) is 0. The molecule has 0 amide bonds. The van der Waals surface area contributed by atoms with Crippen LogP contribution in [0.5, 0.6) is 0 Å². The van der Waals surface area contributed by atoms with Gasteiger partial charge in [0.2, 0.25) is 10.0 Å². The van der Waals surface area contributed by atoms with E-state index in [-0.39, 0.29) is 5.75 Å². The maximum Gasteiger partial charge on any atom is 0.239 e. The summed E-state index contributed by atoms with van der Waals surface area (Å²) in [5.41, 5.74) is 7.93. The molecule has 0 fully saturated rings. The van der Waals surface area contributed by atoms with Gasteiger partial charge in [-0.1, -0.05) is 42.5 Å². The van der Waals surface area contributed by atoms with Crippen molar-refractivity contribution < 1.29 is 8.42 Å². The van der Waals surface area contributed by atoms with Gasteiger partial charge in [-0.25, -0.2) is 8.42 Å². The number of hydrogen-bond acceptors (Lipinski definition) is 3. The van der Waals surface area contributed by atoms with Crippen molar-refractivity contribution in [2.45, 2.75) is 12.3 Å². The molecule has 0 atom stereocenters. The molecule has 0 aliphatic rings. The number of sulfonamides is 1. The summed E-state index contributed by atoms with van der Waals surface area (Å²) in [7, 11) is -1.82. The lowest BCUT2D eigenvalue weighted by atomic mass is 10.1. The minimum Gasteiger partial charge on any atom is -0.326 e. The molecule has 2 aromatic carbocycles. The summed E-state index contributed by atoms with van der Waals surface area (Å²) in [6, 6.07) is 16.4. The van der Waals surface area contributed by atoms with Crippen LogP contribution in [-0.2, 0) is 22.3 Å². The van der Waals surface area contributed by atoms with E-state index in [4.69, 9.17) is 5.73 Å². The number of para-hydroxylation sites is 1. The van der Waals surface area contributed by atoms with Crippen LogP contribution in [0.3, 0.4) is 0 Å². The highest BCUT2D eigenvalue weighted by atomic mass is 32.2. The van der Waals surface area contributed by atoms with Crippen molar-refractivity contribution in [3.05, 3.63) is 65.7 Å². The molecule has 0 aromatic heterocycles. The first-order valence-corrected chi connectivity index (χ1v) is 7.93. The highest BCUT2D eigenvalue weighted by Crippen LogP contribution is 2.18. The number of rotatable bonds is 5. The summed E-state index contributed by atoms with van der Waals surface area (Å²) in [5, 5.41) is 0. The van der Waals surface area contributed by atoms with E-state index in [0.29, 0.717) is 12.2 Å². The molecule has 20 heavy (non-hydrogen) atoms. The van der Waals surface area contributed by atoms with Gasteiger partial charge in [-0.05, 0) is 23.3 Å². The molecule has 0 unspecified atom stereocenters. The van der Waals surface area contributed by atoms with Crippen molar-refractivity contribution in [2.24, 2.45) is 5.73 Å².